The van der Waals surface area contributed by atoms with Crippen LogP contribution in [0.15, 0.2) is 33.9 Å². The van der Waals surface area contributed by atoms with Gasteiger partial charge >= 0.3 is 0 Å². The quantitative estimate of drug-likeness (QED) is 0.241. The summed E-state index contributed by atoms with van der Waals surface area (Å²) >= 11 is 1.39. The van der Waals surface area contributed by atoms with Crippen molar-refractivity contribution in [2.75, 3.05) is 52.7 Å². The van der Waals surface area contributed by atoms with E-state index in [1.807, 2.05) is 51.0 Å². The van der Waals surface area contributed by atoms with E-state index in [1.54, 1.807) is 6.07 Å². The van der Waals surface area contributed by atoms with Crippen LogP contribution in [0.5, 0.6) is 0 Å². The van der Waals surface area contributed by atoms with Crippen LogP contribution >= 0.6 is 11.8 Å². The number of hydrogen-bond acceptors (Lipinski definition) is 10. The number of ketones is 1. The third kappa shape index (κ3) is 9.59. The van der Waals surface area contributed by atoms with Gasteiger partial charge in [-0.15, -0.1) is 10.2 Å². The number of benzene rings is 1. The highest BCUT2D eigenvalue weighted by molar-refractivity contribution is 7.99. The summed E-state index contributed by atoms with van der Waals surface area (Å²) in [4.78, 5) is 45.4. The minimum Gasteiger partial charge on any atom is -0.408 e. The van der Waals surface area contributed by atoms with Gasteiger partial charge in [0.25, 0.3) is 17.0 Å². The largest absolute Gasteiger partial charge is 0.408 e. The van der Waals surface area contributed by atoms with Crippen molar-refractivity contribution in [3.05, 3.63) is 41.3 Å². The molecule has 236 valence electrons. The number of carbonyl (C=O) groups is 3. The van der Waals surface area contributed by atoms with Crippen molar-refractivity contribution >= 4 is 29.4 Å². The van der Waals surface area contributed by atoms with Crippen LogP contribution in [0.1, 0.15) is 79.0 Å². The zero-order valence-electron chi connectivity index (χ0n) is 25.9. The summed E-state index contributed by atoms with van der Waals surface area (Å²) in [6.07, 6.45) is 4.03. The molecule has 11 nitrogen and oxygen atoms in total. The van der Waals surface area contributed by atoms with Crippen molar-refractivity contribution in [1.29, 1.82) is 0 Å². The van der Waals surface area contributed by atoms with E-state index < -0.39 is 17.4 Å². The van der Waals surface area contributed by atoms with Crippen LogP contribution in [-0.2, 0) is 16.1 Å². The molecule has 12 heteroatoms. The summed E-state index contributed by atoms with van der Waals surface area (Å²) in [7, 11) is 3.96. The van der Waals surface area contributed by atoms with Crippen LogP contribution in [0.3, 0.4) is 0 Å². The maximum absolute atomic E-state index is 14.0. The Kier molecular flexibility index (Phi) is 12.2. The second-order valence-electron chi connectivity index (χ2n) is 12.2. The lowest BCUT2D eigenvalue weighted by atomic mass is 9.80. The highest BCUT2D eigenvalue weighted by atomic mass is 32.2. The number of thioether (sulfide) groups is 1. The summed E-state index contributed by atoms with van der Waals surface area (Å²) in [6, 6.07) is 6.73. The third-order valence-electron chi connectivity index (χ3n) is 7.90. The summed E-state index contributed by atoms with van der Waals surface area (Å²) in [5.41, 5.74) is 0.453. The van der Waals surface area contributed by atoms with Crippen molar-refractivity contribution in [3.8, 4) is 0 Å². The van der Waals surface area contributed by atoms with Gasteiger partial charge in [0, 0.05) is 37.5 Å². The Bertz CT molecular complexity index is 1220. The number of ether oxygens (including phenoxy) is 1. The second-order valence-corrected chi connectivity index (χ2v) is 13.3. The lowest BCUT2D eigenvalue weighted by Crippen LogP contribution is -2.62. The van der Waals surface area contributed by atoms with Crippen molar-refractivity contribution in [2.24, 2.45) is 5.92 Å². The van der Waals surface area contributed by atoms with E-state index >= 15 is 0 Å². The first-order valence-corrected chi connectivity index (χ1v) is 16.3. The summed E-state index contributed by atoms with van der Waals surface area (Å²) in [5.74, 6) is -0.294. The van der Waals surface area contributed by atoms with E-state index in [4.69, 9.17) is 9.15 Å². The lowest BCUT2D eigenvalue weighted by Gasteiger charge is -2.37. The van der Waals surface area contributed by atoms with Crippen LogP contribution in [0, 0.1) is 5.92 Å². The monoisotopic (exact) mass is 614 g/mol. The first-order chi connectivity index (χ1) is 20.6. The molecule has 0 spiro atoms. The molecule has 2 fully saturated rings. The number of rotatable bonds is 14. The Balaban J connectivity index is 1.46. The molecule has 4 rings (SSSR count). The Labute approximate surface area is 258 Å². The van der Waals surface area contributed by atoms with Crippen molar-refractivity contribution in [1.82, 2.24) is 30.6 Å². The molecular weight excluding hydrogens is 568 g/mol. The van der Waals surface area contributed by atoms with Crippen molar-refractivity contribution in [3.63, 3.8) is 0 Å². The topological polar surface area (TPSA) is 130 Å². The first kappa shape index (κ1) is 33.1. The predicted molar refractivity (Wildman–Crippen MR) is 165 cm³/mol. The molecule has 2 N–H and O–H groups in total. The second kappa shape index (κ2) is 15.8. The number of nitrogens with zero attached hydrogens (tertiary/aromatic N) is 4. The fourth-order valence-corrected chi connectivity index (χ4v) is 6.38. The molecule has 0 radical (unpaired) electrons. The van der Waals surface area contributed by atoms with Gasteiger partial charge in [-0.2, -0.15) is 0 Å². The van der Waals surface area contributed by atoms with Crippen LogP contribution in [0.25, 0.3) is 0 Å². The van der Waals surface area contributed by atoms with Gasteiger partial charge in [-0.05, 0) is 57.0 Å². The van der Waals surface area contributed by atoms with E-state index in [0.717, 1.165) is 56.8 Å². The van der Waals surface area contributed by atoms with E-state index in [0.29, 0.717) is 43.3 Å². The highest BCUT2D eigenvalue weighted by Crippen LogP contribution is 2.30. The summed E-state index contributed by atoms with van der Waals surface area (Å²) < 4.78 is 11.1. The van der Waals surface area contributed by atoms with Crippen molar-refractivity contribution < 1.29 is 23.5 Å². The molecule has 1 aliphatic carbocycles. The maximum Gasteiger partial charge on any atom is 0.286 e. The van der Waals surface area contributed by atoms with E-state index in [2.05, 4.69) is 25.7 Å². The molecule has 2 heterocycles. The zero-order valence-corrected chi connectivity index (χ0v) is 26.7. The van der Waals surface area contributed by atoms with Gasteiger partial charge < -0.3 is 24.7 Å². The van der Waals surface area contributed by atoms with Crippen molar-refractivity contribution in [2.45, 2.75) is 75.7 Å². The minimum absolute atomic E-state index is 0.114. The number of nitrogens with one attached hydrogen (secondary N) is 2. The Hall–Kier alpha value is -2.80. The molecule has 1 aliphatic heterocycles. The molecule has 0 bridgehead atoms. The molecule has 1 unspecified atom stereocenters. The summed E-state index contributed by atoms with van der Waals surface area (Å²) in [6.45, 7) is 8.68. The molecule has 2 aliphatic rings. The zero-order chi connectivity index (χ0) is 30.8. The molecule has 1 saturated carbocycles. The molecule has 2 amide bonds. The normalized spacial score (nSPS) is 18.0. The molecule has 1 aromatic heterocycles. The first-order valence-electron chi connectivity index (χ1n) is 15.3. The van der Waals surface area contributed by atoms with Gasteiger partial charge in [0.1, 0.15) is 5.54 Å². The van der Waals surface area contributed by atoms with Gasteiger partial charge in [-0.25, -0.2) is 0 Å². The Morgan fingerprint density at radius 1 is 1.09 bits per heavy atom. The SMILES string of the molecule is CC(C)CC(NC(=O)C1(NC(=O)c2cccc(CN3CCOCC3)c2)CCCCC1)C(=O)c1nnc(SCCN(C)C)o1. The fourth-order valence-electron chi connectivity index (χ4n) is 5.51. The number of Topliss-reactive ketones (excluding diaryl/α,β-unsaturated/α-hetero) is 1. The minimum atomic E-state index is -1.10. The van der Waals surface area contributed by atoms with Crippen LogP contribution in [0.4, 0.5) is 0 Å². The summed E-state index contributed by atoms with van der Waals surface area (Å²) in [5, 5.41) is 14.4. The van der Waals surface area contributed by atoms with Gasteiger partial charge in [0.2, 0.25) is 11.7 Å². The molecule has 1 atom stereocenters. The number of aromatic nitrogens is 2. The van der Waals surface area contributed by atoms with Crippen LogP contribution in [0.2, 0.25) is 0 Å². The van der Waals surface area contributed by atoms with E-state index in [9.17, 15) is 14.4 Å². The number of amides is 2. The molecule has 1 saturated heterocycles. The average Bonchev–Trinajstić information content (AvgIpc) is 3.46. The fraction of sp³-hybridized carbons (Fsp3) is 0.645. The van der Waals surface area contributed by atoms with Gasteiger partial charge in [-0.3, -0.25) is 19.3 Å². The van der Waals surface area contributed by atoms with Crippen LogP contribution < -0.4 is 10.6 Å². The van der Waals surface area contributed by atoms with Gasteiger partial charge in [-0.1, -0.05) is 57.0 Å². The maximum atomic E-state index is 14.0. The standard InChI is InChI=1S/C31H46N6O5S/c1-22(2)19-25(26(38)28-34-35-30(42-28)43-18-15-36(3)4)32-29(40)31(11-6-5-7-12-31)33-27(39)24-10-8-9-23(20-24)21-37-13-16-41-17-14-37/h8-10,20,22,25H,5-7,11-19,21H2,1-4H3,(H,32,40)(H,33,39). The average molecular weight is 615 g/mol. The van der Waals surface area contributed by atoms with E-state index in [1.165, 1.54) is 11.8 Å². The lowest BCUT2D eigenvalue weighted by molar-refractivity contribution is -0.129. The van der Waals surface area contributed by atoms with Gasteiger partial charge in [0.05, 0.1) is 19.3 Å². The molecular formula is C31H46N6O5S. The number of morpholine rings is 1. The molecule has 1 aromatic carbocycles. The Morgan fingerprint density at radius 2 is 1.84 bits per heavy atom. The number of hydrogen-bond donors (Lipinski definition) is 2. The van der Waals surface area contributed by atoms with Crippen LogP contribution in [-0.4, -0.2) is 102 Å². The predicted octanol–water partition coefficient (Wildman–Crippen LogP) is 3.40. The molecule has 2 aromatic rings. The van der Waals surface area contributed by atoms with Gasteiger partial charge in [0.15, 0.2) is 0 Å². The Morgan fingerprint density at radius 3 is 2.53 bits per heavy atom. The highest BCUT2D eigenvalue weighted by Gasteiger charge is 2.43. The smallest absolute Gasteiger partial charge is 0.286 e. The van der Waals surface area contributed by atoms with E-state index in [-0.39, 0.29) is 23.6 Å². The third-order valence-corrected chi connectivity index (χ3v) is 8.70. The number of carbonyl (C=O) groups excluding carboxylic acids is 3. The molecule has 43 heavy (non-hydrogen) atoms.